The van der Waals surface area contributed by atoms with Gasteiger partial charge in [-0.3, -0.25) is 4.40 Å². The first kappa shape index (κ1) is 13.8. The molecule has 2 heterocycles. The van der Waals surface area contributed by atoms with E-state index in [2.05, 4.69) is 26.1 Å². The molecule has 0 aliphatic heterocycles. The summed E-state index contributed by atoms with van der Waals surface area (Å²) in [4.78, 5) is 13.5. The molecule has 6 nitrogen and oxygen atoms in total. The molecule has 0 N–H and O–H groups in total. The molecule has 0 aliphatic rings. The number of carbonyl (C=O) groups excluding carboxylic acids is 1. The zero-order valence-electron chi connectivity index (χ0n) is 11.2. The van der Waals surface area contributed by atoms with Gasteiger partial charge in [0.25, 0.3) is 0 Å². The molecule has 1 amide bonds. The number of nitrogens with zero attached hydrogens (tertiary/aromatic N) is 4. The lowest BCUT2D eigenvalue weighted by molar-refractivity contribution is 0.121. The number of rotatable bonds is 1. The van der Waals surface area contributed by atoms with Crippen LogP contribution >= 0.6 is 15.9 Å². The number of halogens is 1. The van der Waals surface area contributed by atoms with E-state index in [-0.39, 0.29) is 11.5 Å². The number of pyridine rings is 1. The Balaban J connectivity index is 2.27. The summed E-state index contributed by atoms with van der Waals surface area (Å²) in [5.74, 6) is 0. The molecule has 19 heavy (non-hydrogen) atoms. The Kier molecular flexibility index (Phi) is 3.49. The van der Waals surface area contributed by atoms with Crippen molar-refractivity contribution in [2.75, 3.05) is 7.05 Å². The van der Waals surface area contributed by atoms with Crippen molar-refractivity contribution < 1.29 is 9.53 Å². The maximum Gasteiger partial charge on any atom is 0.417 e. The lowest BCUT2D eigenvalue weighted by Gasteiger charge is -2.30. The Morgan fingerprint density at radius 3 is 2.68 bits per heavy atom. The molecule has 0 aromatic carbocycles. The topological polar surface area (TPSA) is 59.7 Å². The standard InChI is InChI=1S/C12H15BrN4O2/c1-12(2,3)16(4)11(18)19-10-15-14-9-6-5-8(13)7-17(9)10/h5-7H,1-4H3. The van der Waals surface area contributed by atoms with Crippen LogP contribution in [0.3, 0.4) is 0 Å². The Morgan fingerprint density at radius 2 is 2.05 bits per heavy atom. The van der Waals surface area contributed by atoms with Gasteiger partial charge in [-0.05, 0) is 48.8 Å². The zero-order valence-corrected chi connectivity index (χ0v) is 12.8. The minimum atomic E-state index is -0.471. The van der Waals surface area contributed by atoms with Crippen molar-refractivity contribution in [3.05, 3.63) is 22.8 Å². The highest BCUT2D eigenvalue weighted by Crippen LogP contribution is 2.18. The number of hydrogen-bond donors (Lipinski definition) is 0. The molecule has 0 aliphatic carbocycles. The van der Waals surface area contributed by atoms with E-state index in [9.17, 15) is 4.79 Å². The van der Waals surface area contributed by atoms with Gasteiger partial charge in [0.05, 0.1) is 0 Å². The smallest absolute Gasteiger partial charge is 0.374 e. The molecule has 0 radical (unpaired) electrons. The predicted octanol–water partition coefficient (Wildman–Crippen LogP) is 2.72. The largest absolute Gasteiger partial charge is 0.417 e. The lowest BCUT2D eigenvalue weighted by atomic mass is 10.1. The van der Waals surface area contributed by atoms with Crippen LogP contribution in [0.4, 0.5) is 4.79 Å². The summed E-state index contributed by atoms with van der Waals surface area (Å²) in [6.07, 6.45) is 1.27. The summed E-state index contributed by atoms with van der Waals surface area (Å²) in [6, 6.07) is 3.77. The van der Waals surface area contributed by atoms with Crippen LogP contribution in [-0.4, -0.2) is 38.2 Å². The number of hydrogen-bond acceptors (Lipinski definition) is 4. The van der Waals surface area contributed by atoms with Gasteiger partial charge < -0.3 is 9.64 Å². The minimum Gasteiger partial charge on any atom is -0.374 e. The molecule has 0 fully saturated rings. The third-order valence-corrected chi connectivity index (χ3v) is 3.26. The van der Waals surface area contributed by atoms with E-state index in [0.29, 0.717) is 5.65 Å². The Bertz CT molecular complexity index is 618. The average Bonchev–Trinajstić information content (AvgIpc) is 2.69. The van der Waals surface area contributed by atoms with Gasteiger partial charge in [0.15, 0.2) is 5.65 Å². The van der Waals surface area contributed by atoms with Crippen LogP contribution in [0.5, 0.6) is 6.01 Å². The highest BCUT2D eigenvalue weighted by molar-refractivity contribution is 9.10. The third kappa shape index (κ3) is 2.86. The molecule has 0 unspecified atom stereocenters. The third-order valence-electron chi connectivity index (χ3n) is 2.79. The van der Waals surface area contributed by atoms with Gasteiger partial charge in [0.2, 0.25) is 0 Å². The van der Waals surface area contributed by atoms with Crippen molar-refractivity contribution in [3.63, 3.8) is 0 Å². The molecule has 7 heteroatoms. The maximum atomic E-state index is 12.0. The summed E-state index contributed by atoms with van der Waals surface area (Å²) in [5.41, 5.74) is 0.294. The minimum absolute atomic E-state index is 0.150. The number of ether oxygens (including phenoxy) is 1. The second-order valence-electron chi connectivity index (χ2n) is 5.16. The fraction of sp³-hybridized carbons (Fsp3) is 0.417. The fourth-order valence-electron chi connectivity index (χ4n) is 1.33. The maximum absolute atomic E-state index is 12.0. The van der Waals surface area contributed by atoms with E-state index in [1.807, 2.05) is 26.8 Å². The molecule has 0 atom stereocenters. The highest BCUT2D eigenvalue weighted by Gasteiger charge is 2.25. The van der Waals surface area contributed by atoms with Crippen LogP contribution in [0, 0.1) is 0 Å². The first-order chi connectivity index (χ1) is 8.79. The van der Waals surface area contributed by atoms with Crippen LogP contribution < -0.4 is 4.74 Å². The van der Waals surface area contributed by atoms with Crippen LogP contribution in [0.2, 0.25) is 0 Å². The number of carbonyl (C=O) groups is 1. The van der Waals surface area contributed by atoms with Gasteiger partial charge in [-0.15, -0.1) is 5.10 Å². The van der Waals surface area contributed by atoms with Crippen molar-refractivity contribution in [2.45, 2.75) is 26.3 Å². The van der Waals surface area contributed by atoms with E-state index in [4.69, 9.17) is 4.74 Å². The Labute approximate surface area is 119 Å². The molecule has 0 saturated carbocycles. The van der Waals surface area contributed by atoms with Gasteiger partial charge in [0, 0.05) is 23.3 Å². The van der Waals surface area contributed by atoms with E-state index in [1.54, 1.807) is 23.7 Å². The summed E-state index contributed by atoms with van der Waals surface area (Å²) < 4.78 is 7.72. The zero-order chi connectivity index (χ0) is 14.2. The monoisotopic (exact) mass is 326 g/mol. The number of fused-ring (bicyclic) bond motifs is 1. The molecular formula is C12H15BrN4O2. The van der Waals surface area contributed by atoms with E-state index < -0.39 is 6.09 Å². The molecule has 2 aromatic rings. The molecule has 2 rings (SSSR count). The number of amides is 1. The summed E-state index contributed by atoms with van der Waals surface area (Å²) in [6.45, 7) is 5.77. The van der Waals surface area contributed by atoms with Crippen LogP contribution in [0.25, 0.3) is 5.65 Å². The predicted molar refractivity (Wildman–Crippen MR) is 74.2 cm³/mol. The normalized spacial score (nSPS) is 11.6. The van der Waals surface area contributed by atoms with E-state index in [0.717, 1.165) is 4.47 Å². The molecule has 0 saturated heterocycles. The van der Waals surface area contributed by atoms with Gasteiger partial charge in [-0.1, -0.05) is 5.10 Å². The van der Waals surface area contributed by atoms with Gasteiger partial charge >= 0.3 is 12.1 Å². The van der Waals surface area contributed by atoms with Crippen molar-refractivity contribution in [1.29, 1.82) is 0 Å². The van der Waals surface area contributed by atoms with Crippen LogP contribution in [0.1, 0.15) is 20.8 Å². The second-order valence-corrected chi connectivity index (χ2v) is 6.07. The summed E-state index contributed by atoms with van der Waals surface area (Å²) >= 11 is 3.35. The van der Waals surface area contributed by atoms with Crippen molar-refractivity contribution in [1.82, 2.24) is 19.5 Å². The fourth-order valence-corrected chi connectivity index (χ4v) is 1.67. The summed E-state index contributed by atoms with van der Waals surface area (Å²) in [7, 11) is 1.68. The Morgan fingerprint density at radius 1 is 1.37 bits per heavy atom. The Hall–Kier alpha value is -1.63. The highest BCUT2D eigenvalue weighted by atomic mass is 79.9. The van der Waals surface area contributed by atoms with Gasteiger partial charge in [-0.25, -0.2) is 4.79 Å². The van der Waals surface area contributed by atoms with Crippen molar-refractivity contribution in [3.8, 4) is 6.01 Å². The first-order valence-electron chi connectivity index (χ1n) is 5.75. The number of aromatic nitrogens is 3. The van der Waals surface area contributed by atoms with Gasteiger partial charge in [-0.2, -0.15) is 0 Å². The SMILES string of the molecule is CN(C(=O)Oc1nnc2ccc(Br)cn12)C(C)(C)C. The lowest BCUT2D eigenvalue weighted by Crippen LogP contribution is -2.44. The van der Waals surface area contributed by atoms with Crippen LogP contribution in [0.15, 0.2) is 22.8 Å². The summed E-state index contributed by atoms with van der Waals surface area (Å²) in [5, 5.41) is 7.79. The van der Waals surface area contributed by atoms with Gasteiger partial charge in [0.1, 0.15) is 0 Å². The average molecular weight is 327 g/mol. The van der Waals surface area contributed by atoms with E-state index in [1.165, 1.54) is 4.90 Å². The van der Waals surface area contributed by atoms with Crippen molar-refractivity contribution >= 4 is 27.7 Å². The molecule has 0 spiro atoms. The van der Waals surface area contributed by atoms with Crippen LogP contribution in [-0.2, 0) is 0 Å². The molecular weight excluding hydrogens is 312 g/mol. The first-order valence-corrected chi connectivity index (χ1v) is 6.54. The van der Waals surface area contributed by atoms with E-state index >= 15 is 0 Å². The quantitative estimate of drug-likeness (QED) is 0.808. The second kappa shape index (κ2) is 4.80. The molecule has 2 aromatic heterocycles. The molecule has 0 bridgehead atoms. The molecule has 102 valence electrons. The van der Waals surface area contributed by atoms with Crippen molar-refractivity contribution in [2.24, 2.45) is 0 Å².